The molecule has 0 aromatic rings. The van der Waals surface area contributed by atoms with Gasteiger partial charge in [0.2, 0.25) is 0 Å². The molecule has 0 aromatic carbocycles. The minimum Gasteiger partial charge on any atom is -0.319 e. The van der Waals surface area contributed by atoms with Gasteiger partial charge in [0.25, 0.3) is 0 Å². The summed E-state index contributed by atoms with van der Waals surface area (Å²) >= 11 is 0. The van der Waals surface area contributed by atoms with Crippen molar-refractivity contribution in [3.63, 3.8) is 0 Å². The van der Waals surface area contributed by atoms with Gasteiger partial charge in [-0.25, -0.2) is 0 Å². The largest absolute Gasteiger partial charge is 0.319 e. The molecule has 0 spiro atoms. The summed E-state index contributed by atoms with van der Waals surface area (Å²) in [5.74, 6) is 0.870. The van der Waals surface area contributed by atoms with Crippen LogP contribution in [-0.4, -0.2) is 26.2 Å². The quantitative estimate of drug-likeness (QED) is 0.603. The molecule has 0 aromatic heterocycles. The van der Waals surface area contributed by atoms with Crippen molar-refractivity contribution < 1.29 is 0 Å². The van der Waals surface area contributed by atoms with Gasteiger partial charge in [-0.3, -0.25) is 0 Å². The zero-order valence-corrected chi connectivity index (χ0v) is 6.98. The monoisotopic (exact) mass is 142 g/mol. The van der Waals surface area contributed by atoms with Crippen LogP contribution in [0.5, 0.6) is 0 Å². The van der Waals surface area contributed by atoms with Crippen molar-refractivity contribution in [1.29, 1.82) is 0 Å². The van der Waals surface area contributed by atoms with Crippen molar-refractivity contribution >= 4 is 0 Å². The number of hydrogen-bond acceptors (Lipinski definition) is 2. The van der Waals surface area contributed by atoms with Gasteiger partial charge in [0.1, 0.15) is 0 Å². The van der Waals surface area contributed by atoms with Gasteiger partial charge in [-0.05, 0) is 38.9 Å². The molecule has 1 rings (SSSR count). The van der Waals surface area contributed by atoms with E-state index in [9.17, 15) is 0 Å². The maximum absolute atomic E-state index is 3.50. The van der Waals surface area contributed by atoms with E-state index in [0.717, 1.165) is 12.0 Å². The van der Waals surface area contributed by atoms with E-state index in [2.05, 4.69) is 17.6 Å². The minimum absolute atomic E-state index is 0.771. The van der Waals surface area contributed by atoms with E-state index in [4.69, 9.17) is 0 Å². The molecule has 1 heterocycles. The normalized spacial score (nSPS) is 33.0. The number of rotatable bonds is 3. The van der Waals surface area contributed by atoms with Gasteiger partial charge in [0.05, 0.1) is 0 Å². The predicted molar refractivity (Wildman–Crippen MR) is 44.1 cm³/mol. The summed E-state index contributed by atoms with van der Waals surface area (Å²) in [6, 6.07) is 0.771. The van der Waals surface area contributed by atoms with Crippen LogP contribution in [0.15, 0.2) is 0 Å². The molecule has 1 saturated heterocycles. The highest BCUT2D eigenvalue weighted by Crippen LogP contribution is 2.16. The molecule has 0 amide bonds. The van der Waals surface area contributed by atoms with Crippen molar-refractivity contribution in [3.8, 4) is 0 Å². The van der Waals surface area contributed by atoms with E-state index in [0.29, 0.717) is 0 Å². The summed E-state index contributed by atoms with van der Waals surface area (Å²) in [6.07, 6.45) is 2.62. The van der Waals surface area contributed by atoms with Crippen LogP contribution >= 0.6 is 0 Å². The molecule has 60 valence electrons. The van der Waals surface area contributed by atoms with Crippen molar-refractivity contribution in [2.75, 3.05) is 20.1 Å². The van der Waals surface area contributed by atoms with Gasteiger partial charge in [0, 0.05) is 6.04 Å². The van der Waals surface area contributed by atoms with Gasteiger partial charge in [-0.1, -0.05) is 6.92 Å². The average molecular weight is 142 g/mol. The molecule has 1 fully saturated rings. The Morgan fingerprint density at radius 2 is 2.40 bits per heavy atom. The van der Waals surface area contributed by atoms with Gasteiger partial charge >= 0.3 is 0 Å². The van der Waals surface area contributed by atoms with E-state index in [1.165, 1.54) is 25.9 Å². The molecular weight excluding hydrogens is 124 g/mol. The predicted octanol–water partition coefficient (Wildman–Crippen LogP) is 0.594. The Hall–Kier alpha value is -0.0800. The Labute approximate surface area is 63.4 Å². The molecule has 2 heteroatoms. The van der Waals surface area contributed by atoms with Crippen LogP contribution in [0.3, 0.4) is 0 Å². The summed E-state index contributed by atoms with van der Waals surface area (Å²) in [5, 5.41) is 6.74. The lowest BCUT2D eigenvalue weighted by Gasteiger charge is -2.16. The molecule has 2 nitrogen and oxygen atoms in total. The summed E-state index contributed by atoms with van der Waals surface area (Å²) < 4.78 is 0. The Balaban J connectivity index is 2.27. The molecule has 1 aliphatic heterocycles. The first-order valence-electron chi connectivity index (χ1n) is 4.26. The fourth-order valence-electron chi connectivity index (χ4n) is 1.81. The maximum Gasteiger partial charge on any atom is 0.0105 e. The molecule has 1 aliphatic rings. The first-order valence-corrected chi connectivity index (χ1v) is 4.26. The highest BCUT2D eigenvalue weighted by Gasteiger charge is 2.23. The number of hydrogen-bond donors (Lipinski definition) is 2. The maximum atomic E-state index is 3.50. The third-order valence-corrected chi connectivity index (χ3v) is 2.40. The molecule has 0 bridgehead atoms. The summed E-state index contributed by atoms with van der Waals surface area (Å²) in [4.78, 5) is 0. The summed E-state index contributed by atoms with van der Waals surface area (Å²) in [7, 11) is 2.03. The fourth-order valence-corrected chi connectivity index (χ4v) is 1.81. The highest BCUT2D eigenvalue weighted by atomic mass is 15.0. The number of nitrogens with one attached hydrogen (secondary N) is 2. The van der Waals surface area contributed by atoms with Crippen LogP contribution in [0.25, 0.3) is 0 Å². The summed E-state index contributed by atoms with van der Waals surface area (Å²) in [5.41, 5.74) is 0. The molecule has 0 radical (unpaired) electrons. The van der Waals surface area contributed by atoms with E-state index in [1.54, 1.807) is 0 Å². The Morgan fingerprint density at radius 1 is 1.60 bits per heavy atom. The van der Waals surface area contributed by atoms with Crippen LogP contribution in [0.4, 0.5) is 0 Å². The molecule has 2 N–H and O–H groups in total. The third kappa shape index (κ3) is 1.70. The van der Waals surface area contributed by atoms with Crippen molar-refractivity contribution in [1.82, 2.24) is 10.6 Å². The standard InChI is InChI=1S/C8H18N2/c1-3-8-7(6-9-2)4-5-10-8/h7-10H,3-6H2,1-2H3. The molecule has 0 saturated carbocycles. The fraction of sp³-hybridized carbons (Fsp3) is 1.00. The second-order valence-electron chi connectivity index (χ2n) is 3.08. The Kier molecular flexibility index (Phi) is 3.16. The summed E-state index contributed by atoms with van der Waals surface area (Å²) in [6.45, 7) is 4.64. The smallest absolute Gasteiger partial charge is 0.0105 e. The zero-order valence-electron chi connectivity index (χ0n) is 6.98. The second-order valence-corrected chi connectivity index (χ2v) is 3.08. The Bertz CT molecular complexity index is 93.3. The SMILES string of the molecule is CCC1NCCC1CNC. The molecular formula is C8H18N2. The van der Waals surface area contributed by atoms with Gasteiger partial charge in [0.15, 0.2) is 0 Å². The highest BCUT2D eigenvalue weighted by molar-refractivity contribution is 4.83. The van der Waals surface area contributed by atoms with E-state index >= 15 is 0 Å². The topological polar surface area (TPSA) is 24.1 Å². The van der Waals surface area contributed by atoms with Crippen molar-refractivity contribution in [3.05, 3.63) is 0 Å². The molecule has 0 aliphatic carbocycles. The lowest BCUT2D eigenvalue weighted by atomic mass is 9.99. The van der Waals surface area contributed by atoms with Crippen molar-refractivity contribution in [2.45, 2.75) is 25.8 Å². The van der Waals surface area contributed by atoms with E-state index < -0.39 is 0 Å². The third-order valence-electron chi connectivity index (χ3n) is 2.40. The van der Waals surface area contributed by atoms with Gasteiger partial charge < -0.3 is 10.6 Å². The van der Waals surface area contributed by atoms with Crippen LogP contribution < -0.4 is 10.6 Å². The Morgan fingerprint density at radius 3 is 3.00 bits per heavy atom. The first kappa shape index (κ1) is 8.02. The van der Waals surface area contributed by atoms with Crippen molar-refractivity contribution in [2.24, 2.45) is 5.92 Å². The second kappa shape index (κ2) is 3.94. The zero-order chi connectivity index (χ0) is 7.40. The van der Waals surface area contributed by atoms with Crippen LogP contribution in [-0.2, 0) is 0 Å². The van der Waals surface area contributed by atoms with E-state index in [-0.39, 0.29) is 0 Å². The van der Waals surface area contributed by atoms with Gasteiger partial charge in [-0.2, -0.15) is 0 Å². The lowest BCUT2D eigenvalue weighted by molar-refractivity contribution is 0.422. The van der Waals surface area contributed by atoms with Gasteiger partial charge in [-0.15, -0.1) is 0 Å². The molecule has 2 atom stereocenters. The molecule has 10 heavy (non-hydrogen) atoms. The van der Waals surface area contributed by atoms with Crippen LogP contribution in [0, 0.1) is 5.92 Å². The van der Waals surface area contributed by atoms with Crippen LogP contribution in [0.2, 0.25) is 0 Å². The molecule has 2 unspecified atom stereocenters. The van der Waals surface area contributed by atoms with E-state index in [1.807, 2.05) is 7.05 Å². The first-order chi connectivity index (χ1) is 4.88. The average Bonchev–Trinajstić information content (AvgIpc) is 2.36. The minimum atomic E-state index is 0.771. The van der Waals surface area contributed by atoms with Crippen LogP contribution in [0.1, 0.15) is 19.8 Å². The lowest BCUT2D eigenvalue weighted by Crippen LogP contribution is -2.31.